The number of carboxylic acid groups (broad SMARTS) is 1. The highest BCUT2D eigenvalue weighted by atomic mass is 19.4. The summed E-state index contributed by atoms with van der Waals surface area (Å²) in [6.45, 7) is 0.543. The number of piperidine rings is 1. The number of likely N-dealkylation sites (tertiary alicyclic amines) is 1. The van der Waals surface area contributed by atoms with E-state index in [9.17, 15) is 27.9 Å². The van der Waals surface area contributed by atoms with Gasteiger partial charge in [-0.05, 0) is 37.1 Å². The molecule has 0 saturated carbocycles. The van der Waals surface area contributed by atoms with Crippen LogP contribution in [0.5, 0.6) is 0 Å². The third-order valence-electron chi connectivity index (χ3n) is 3.56. The summed E-state index contributed by atoms with van der Waals surface area (Å²) < 4.78 is 37.3. The lowest BCUT2D eigenvalue weighted by atomic mass is 10.1. The number of rotatable bonds is 2. The van der Waals surface area contributed by atoms with E-state index in [1.807, 2.05) is 0 Å². The third-order valence-corrected chi connectivity index (χ3v) is 3.56. The lowest BCUT2D eigenvalue weighted by Gasteiger charge is -2.33. The molecule has 0 bridgehead atoms. The highest BCUT2D eigenvalue weighted by Gasteiger charge is 2.30. The van der Waals surface area contributed by atoms with E-state index in [1.165, 1.54) is 12.1 Å². The molecule has 126 valence electrons. The van der Waals surface area contributed by atoms with Crippen LogP contribution in [0.25, 0.3) is 0 Å². The fourth-order valence-corrected chi connectivity index (χ4v) is 2.30. The molecule has 6 nitrogen and oxygen atoms in total. The maximum Gasteiger partial charge on any atom is 0.416 e. The van der Waals surface area contributed by atoms with Crippen LogP contribution < -0.4 is 15.7 Å². The molecular weight excluding hydrogens is 315 g/mol. The van der Waals surface area contributed by atoms with E-state index < -0.39 is 23.9 Å². The number of anilines is 1. The van der Waals surface area contributed by atoms with E-state index >= 15 is 0 Å². The topological polar surface area (TPSA) is 84.5 Å². The zero-order valence-electron chi connectivity index (χ0n) is 12.0. The predicted octanol–water partition coefficient (Wildman–Crippen LogP) is 1.63. The Labute approximate surface area is 130 Å². The minimum Gasteiger partial charge on any atom is -0.530 e. The van der Waals surface area contributed by atoms with Crippen LogP contribution in [0.4, 0.5) is 28.4 Å². The fraction of sp³-hybridized carbons (Fsp3) is 0.429. The van der Waals surface area contributed by atoms with Crippen molar-refractivity contribution >= 4 is 17.8 Å². The first-order chi connectivity index (χ1) is 10.8. The zero-order valence-corrected chi connectivity index (χ0v) is 12.0. The SMILES string of the molecule is O=C(Nc1ccc(C(F)(F)F)cc1)NC1CCN(C(=O)[O-])CC1. The molecule has 0 spiro atoms. The molecule has 1 fully saturated rings. The van der Waals surface area contributed by atoms with Gasteiger partial charge in [-0.2, -0.15) is 13.2 Å². The van der Waals surface area contributed by atoms with Crippen molar-refractivity contribution < 1.29 is 27.9 Å². The summed E-state index contributed by atoms with van der Waals surface area (Å²) in [6.07, 6.45) is -4.76. The summed E-state index contributed by atoms with van der Waals surface area (Å²) in [6, 6.07) is 3.36. The molecule has 0 atom stereocenters. The Morgan fingerprint density at radius 3 is 2.17 bits per heavy atom. The van der Waals surface area contributed by atoms with Crippen LogP contribution in [-0.2, 0) is 6.18 Å². The van der Waals surface area contributed by atoms with Crippen LogP contribution in [0.1, 0.15) is 18.4 Å². The molecule has 9 heteroatoms. The summed E-state index contributed by atoms with van der Waals surface area (Å²) in [5.74, 6) is 0. The first kappa shape index (κ1) is 16.9. The molecule has 3 amide bonds. The van der Waals surface area contributed by atoms with Crippen LogP contribution >= 0.6 is 0 Å². The lowest BCUT2D eigenvalue weighted by Crippen LogP contribution is -2.50. The molecule has 0 aromatic heterocycles. The molecule has 0 radical (unpaired) electrons. The second-order valence-corrected chi connectivity index (χ2v) is 5.20. The molecule has 0 aliphatic carbocycles. The summed E-state index contributed by atoms with van der Waals surface area (Å²) in [4.78, 5) is 23.6. The maximum absolute atomic E-state index is 12.4. The first-order valence-electron chi connectivity index (χ1n) is 6.96. The quantitative estimate of drug-likeness (QED) is 0.864. The molecule has 23 heavy (non-hydrogen) atoms. The zero-order chi connectivity index (χ0) is 17.0. The first-order valence-corrected chi connectivity index (χ1v) is 6.96. The average Bonchev–Trinajstić information content (AvgIpc) is 2.47. The lowest BCUT2D eigenvalue weighted by molar-refractivity contribution is -0.266. The minimum absolute atomic E-state index is 0.194. The number of alkyl halides is 3. The number of urea groups is 1. The summed E-state index contributed by atoms with van der Waals surface area (Å²) in [7, 11) is 0. The molecule has 1 aliphatic rings. The van der Waals surface area contributed by atoms with Gasteiger partial charge in [0.15, 0.2) is 0 Å². The van der Waals surface area contributed by atoms with E-state index in [2.05, 4.69) is 10.6 Å². The molecule has 1 saturated heterocycles. The van der Waals surface area contributed by atoms with Gasteiger partial charge in [-0.25, -0.2) is 4.79 Å². The Hall–Kier alpha value is -2.45. The Bertz CT molecular complexity index is 567. The summed E-state index contributed by atoms with van der Waals surface area (Å²) in [5, 5.41) is 15.8. The predicted molar refractivity (Wildman–Crippen MR) is 73.6 cm³/mol. The fourth-order valence-electron chi connectivity index (χ4n) is 2.30. The van der Waals surface area contributed by atoms with Crippen molar-refractivity contribution in [3.63, 3.8) is 0 Å². The van der Waals surface area contributed by atoms with Crippen molar-refractivity contribution in [1.29, 1.82) is 0 Å². The van der Waals surface area contributed by atoms with Crippen LogP contribution in [-0.4, -0.2) is 36.2 Å². The van der Waals surface area contributed by atoms with Crippen molar-refractivity contribution in [3.8, 4) is 0 Å². The standard InChI is InChI=1S/C14H16F3N3O3/c15-14(16,17)9-1-3-10(4-2-9)18-12(21)19-11-5-7-20(8-6-11)13(22)23/h1-4,11H,5-8H2,(H,22,23)(H2,18,19,21)/p-1. The van der Waals surface area contributed by atoms with Gasteiger partial charge in [0, 0.05) is 24.8 Å². The Morgan fingerprint density at radius 1 is 1.13 bits per heavy atom. The van der Waals surface area contributed by atoms with Gasteiger partial charge < -0.3 is 25.4 Å². The Morgan fingerprint density at radius 2 is 1.70 bits per heavy atom. The second-order valence-electron chi connectivity index (χ2n) is 5.20. The van der Waals surface area contributed by atoms with Crippen LogP contribution in [0.2, 0.25) is 0 Å². The van der Waals surface area contributed by atoms with E-state index in [-0.39, 0.29) is 24.8 Å². The number of carbonyl (C=O) groups excluding carboxylic acids is 2. The monoisotopic (exact) mass is 330 g/mol. The van der Waals surface area contributed by atoms with Crippen LogP contribution in [0.3, 0.4) is 0 Å². The van der Waals surface area contributed by atoms with Crippen molar-refractivity contribution in [2.45, 2.75) is 25.1 Å². The van der Waals surface area contributed by atoms with Crippen molar-refractivity contribution in [1.82, 2.24) is 10.2 Å². The van der Waals surface area contributed by atoms with E-state index in [0.717, 1.165) is 17.0 Å². The van der Waals surface area contributed by atoms with Gasteiger partial charge in [-0.15, -0.1) is 0 Å². The van der Waals surface area contributed by atoms with Crippen molar-refractivity contribution in [2.24, 2.45) is 0 Å². The smallest absolute Gasteiger partial charge is 0.416 e. The average molecular weight is 330 g/mol. The molecule has 1 heterocycles. The number of nitrogens with one attached hydrogen (secondary N) is 2. The van der Waals surface area contributed by atoms with Gasteiger partial charge in [0.1, 0.15) is 6.09 Å². The van der Waals surface area contributed by atoms with Crippen molar-refractivity contribution in [3.05, 3.63) is 29.8 Å². The number of halogens is 3. The number of amides is 3. The molecule has 2 N–H and O–H groups in total. The number of hydrogen-bond acceptors (Lipinski definition) is 3. The molecule has 2 rings (SSSR count). The van der Waals surface area contributed by atoms with Gasteiger partial charge in [-0.3, -0.25) is 0 Å². The van der Waals surface area contributed by atoms with Crippen LogP contribution in [0.15, 0.2) is 24.3 Å². The molecule has 1 aliphatic heterocycles. The summed E-state index contributed by atoms with van der Waals surface area (Å²) in [5.41, 5.74) is -0.555. The van der Waals surface area contributed by atoms with Gasteiger partial charge in [0.05, 0.1) is 5.56 Å². The maximum atomic E-state index is 12.4. The van der Waals surface area contributed by atoms with Gasteiger partial charge in [0.25, 0.3) is 0 Å². The molecule has 1 aromatic rings. The number of carbonyl (C=O) groups is 2. The molecular formula is C14H15F3N3O3-. The van der Waals surface area contributed by atoms with Gasteiger partial charge in [-0.1, -0.05) is 0 Å². The van der Waals surface area contributed by atoms with E-state index in [4.69, 9.17) is 0 Å². The van der Waals surface area contributed by atoms with Crippen LogP contribution in [0, 0.1) is 0 Å². The number of benzene rings is 1. The molecule has 1 aromatic carbocycles. The Kier molecular flexibility index (Phi) is 4.97. The normalized spacial score (nSPS) is 16.0. The van der Waals surface area contributed by atoms with E-state index in [1.54, 1.807) is 0 Å². The number of hydrogen-bond donors (Lipinski definition) is 2. The molecule has 0 unspecified atom stereocenters. The largest absolute Gasteiger partial charge is 0.530 e. The van der Waals surface area contributed by atoms with E-state index in [0.29, 0.717) is 12.8 Å². The Balaban J connectivity index is 1.82. The minimum atomic E-state index is -4.42. The van der Waals surface area contributed by atoms with Crippen molar-refractivity contribution in [2.75, 3.05) is 18.4 Å². The summed E-state index contributed by atoms with van der Waals surface area (Å²) >= 11 is 0. The van der Waals surface area contributed by atoms with Gasteiger partial charge in [0.2, 0.25) is 0 Å². The highest BCUT2D eigenvalue weighted by Crippen LogP contribution is 2.29. The third kappa shape index (κ3) is 4.76. The number of nitrogens with zero attached hydrogens (tertiary/aromatic N) is 1. The highest BCUT2D eigenvalue weighted by molar-refractivity contribution is 5.89. The second kappa shape index (κ2) is 6.76. The van der Waals surface area contributed by atoms with Gasteiger partial charge >= 0.3 is 12.2 Å².